The molecule has 6 heteroatoms. The fraction of sp³-hybridized carbons (Fsp3) is 0.167. The van der Waals surface area contributed by atoms with E-state index < -0.39 is 0 Å². The summed E-state index contributed by atoms with van der Waals surface area (Å²) in [6.07, 6.45) is 3.37. The van der Waals surface area contributed by atoms with E-state index in [0.29, 0.717) is 12.1 Å². The Balaban J connectivity index is 1.93. The molecule has 0 bridgehead atoms. The lowest BCUT2D eigenvalue weighted by molar-refractivity contribution is 0.0985. The molecule has 5 nitrogen and oxygen atoms in total. The third kappa shape index (κ3) is 3.44. The predicted octanol–water partition coefficient (Wildman–Crippen LogP) is 3.70. The van der Waals surface area contributed by atoms with Crippen LogP contribution in [0.4, 0.5) is 5.69 Å². The van der Waals surface area contributed by atoms with Crippen molar-refractivity contribution in [2.24, 2.45) is 0 Å². The van der Waals surface area contributed by atoms with Gasteiger partial charge in [-0.15, -0.1) is 0 Å². The van der Waals surface area contributed by atoms with Gasteiger partial charge in [0.25, 0.3) is 5.91 Å². The first-order chi connectivity index (χ1) is 11.7. The number of aromatic nitrogens is 2. The average Bonchev–Trinajstić information content (AvgIpc) is 3.06. The van der Waals surface area contributed by atoms with Crippen molar-refractivity contribution in [3.8, 4) is 5.75 Å². The highest BCUT2D eigenvalue weighted by atomic mass is 32.1. The number of hydrogen-bond donors (Lipinski definition) is 0. The SMILES string of the molecule is COc1ccc(CN(C(=O)c2csnc2C)c2ccncc2)cc1. The number of carbonyl (C=O) groups is 1. The van der Waals surface area contributed by atoms with Crippen LogP contribution in [0.5, 0.6) is 5.75 Å². The Morgan fingerprint density at radius 3 is 2.46 bits per heavy atom. The number of methoxy groups -OCH3 is 1. The number of amides is 1. The van der Waals surface area contributed by atoms with Gasteiger partial charge in [0.05, 0.1) is 24.9 Å². The lowest BCUT2D eigenvalue weighted by Gasteiger charge is -2.23. The number of hydrogen-bond acceptors (Lipinski definition) is 5. The molecule has 122 valence electrons. The largest absolute Gasteiger partial charge is 0.497 e. The molecule has 2 heterocycles. The van der Waals surface area contributed by atoms with Crippen molar-refractivity contribution >= 4 is 23.1 Å². The van der Waals surface area contributed by atoms with Crippen LogP contribution < -0.4 is 9.64 Å². The van der Waals surface area contributed by atoms with Crippen LogP contribution in [0.15, 0.2) is 54.2 Å². The van der Waals surface area contributed by atoms with Crippen LogP contribution in [0.25, 0.3) is 0 Å². The third-order valence-corrected chi connectivity index (χ3v) is 4.42. The van der Waals surface area contributed by atoms with Gasteiger partial charge in [0, 0.05) is 23.5 Å². The molecule has 0 aliphatic carbocycles. The topological polar surface area (TPSA) is 55.3 Å². The van der Waals surface area contributed by atoms with Crippen molar-refractivity contribution in [3.05, 3.63) is 71.0 Å². The summed E-state index contributed by atoms with van der Waals surface area (Å²) < 4.78 is 9.39. The number of nitrogens with zero attached hydrogens (tertiary/aromatic N) is 3. The van der Waals surface area contributed by atoms with Gasteiger partial charge in [-0.2, -0.15) is 4.37 Å². The van der Waals surface area contributed by atoms with Gasteiger partial charge in [0.1, 0.15) is 5.75 Å². The molecular weight excluding hydrogens is 322 g/mol. The Hall–Kier alpha value is -2.73. The van der Waals surface area contributed by atoms with E-state index in [1.54, 1.807) is 29.8 Å². The molecule has 2 aromatic heterocycles. The summed E-state index contributed by atoms with van der Waals surface area (Å²) in [6, 6.07) is 11.4. The Bertz CT molecular complexity index is 816. The van der Waals surface area contributed by atoms with Crippen molar-refractivity contribution in [2.45, 2.75) is 13.5 Å². The standard InChI is InChI=1S/C18H17N3O2S/c1-13-17(12-24-20-13)18(22)21(15-7-9-19-10-8-15)11-14-3-5-16(23-2)6-4-14/h3-10,12H,11H2,1-2H3. The summed E-state index contributed by atoms with van der Waals surface area (Å²) in [7, 11) is 1.63. The zero-order valence-corrected chi connectivity index (χ0v) is 14.3. The molecule has 3 aromatic rings. The summed E-state index contributed by atoms with van der Waals surface area (Å²) in [6.45, 7) is 2.31. The fourth-order valence-corrected chi connectivity index (χ4v) is 3.05. The van der Waals surface area contributed by atoms with E-state index in [9.17, 15) is 4.79 Å². The zero-order chi connectivity index (χ0) is 16.9. The molecule has 3 rings (SSSR count). The molecule has 0 spiro atoms. The summed E-state index contributed by atoms with van der Waals surface area (Å²) in [4.78, 5) is 18.8. The molecule has 0 atom stereocenters. The van der Waals surface area contributed by atoms with Crippen LogP contribution in [0, 0.1) is 6.92 Å². The highest BCUT2D eigenvalue weighted by Crippen LogP contribution is 2.22. The monoisotopic (exact) mass is 339 g/mol. The van der Waals surface area contributed by atoms with Gasteiger partial charge in [0.2, 0.25) is 0 Å². The molecule has 0 unspecified atom stereocenters. The van der Waals surface area contributed by atoms with Gasteiger partial charge in [-0.05, 0) is 48.3 Å². The number of pyridine rings is 1. The maximum absolute atomic E-state index is 13.0. The van der Waals surface area contributed by atoms with Crippen LogP contribution in [0.3, 0.4) is 0 Å². The van der Waals surface area contributed by atoms with E-state index in [2.05, 4.69) is 9.36 Å². The van der Waals surface area contributed by atoms with Crippen molar-refractivity contribution in [1.82, 2.24) is 9.36 Å². The van der Waals surface area contributed by atoms with E-state index in [1.165, 1.54) is 11.5 Å². The smallest absolute Gasteiger partial charge is 0.261 e. The van der Waals surface area contributed by atoms with Crippen LogP contribution in [-0.2, 0) is 6.54 Å². The molecule has 0 N–H and O–H groups in total. The first-order valence-electron chi connectivity index (χ1n) is 7.45. The Morgan fingerprint density at radius 1 is 1.17 bits per heavy atom. The molecule has 0 fully saturated rings. The first-order valence-corrected chi connectivity index (χ1v) is 8.28. The number of benzene rings is 1. The first kappa shape index (κ1) is 16.1. The van der Waals surface area contributed by atoms with Crippen molar-refractivity contribution < 1.29 is 9.53 Å². The Labute approximate surface area is 144 Å². The van der Waals surface area contributed by atoms with E-state index in [1.807, 2.05) is 43.3 Å². The average molecular weight is 339 g/mol. The minimum Gasteiger partial charge on any atom is -0.497 e. The van der Waals surface area contributed by atoms with Gasteiger partial charge >= 0.3 is 0 Å². The highest BCUT2D eigenvalue weighted by molar-refractivity contribution is 7.04. The molecule has 0 saturated heterocycles. The molecule has 1 amide bonds. The molecule has 0 aliphatic heterocycles. The predicted molar refractivity (Wildman–Crippen MR) is 94.6 cm³/mol. The normalized spacial score (nSPS) is 10.4. The third-order valence-electron chi connectivity index (χ3n) is 3.70. The van der Waals surface area contributed by atoms with Crippen molar-refractivity contribution in [3.63, 3.8) is 0 Å². The molecule has 0 saturated carbocycles. The summed E-state index contributed by atoms with van der Waals surface area (Å²) >= 11 is 1.29. The molecular formula is C18H17N3O2S. The lowest BCUT2D eigenvalue weighted by atomic mass is 10.1. The number of carbonyl (C=O) groups excluding carboxylic acids is 1. The number of aryl methyl sites for hydroxylation is 1. The van der Waals surface area contributed by atoms with Gasteiger partial charge in [0.15, 0.2) is 0 Å². The van der Waals surface area contributed by atoms with Gasteiger partial charge in [-0.3, -0.25) is 9.78 Å². The summed E-state index contributed by atoms with van der Waals surface area (Å²) in [5, 5.41) is 1.79. The number of ether oxygens (including phenoxy) is 1. The van der Waals surface area contributed by atoms with Gasteiger partial charge in [-0.25, -0.2) is 0 Å². The maximum atomic E-state index is 13.0. The van der Waals surface area contributed by atoms with E-state index in [-0.39, 0.29) is 5.91 Å². The fourth-order valence-electron chi connectivity index (χ4n) is 2.36. The number of anilines is 1. The van der Waals surface area contributed by atoms with E-state index in [0.717, 1.165) is 22.7 Å². The van der Waals surface area contributed by atoms with Gasteiger partial charge < -0.3 is 9.64 Å². The second-order valence-electron chi connectivity index (χ2n) is 5.26. The Kier molecular flexibility index (Phi) is 4.86. The van der Waals surface area contributed by atoms with Gasteiger partial charge in [-0.1, -0.05) is 12.1 Å². The molecule has 0 aliphatic rings. The second kappa shape index (κ2) is 7.23. The number of rotatable bonds is 5. The zero-order valence-electron chi connectivity index (χ0n) is 13.5. The maximum Gasteiger partial charge on any atom is 0.261 e. The molecule has 24 heavy (non-hydrogen) atoms. The van der Waals surface area contributed by atoms with Crippen molar-refractivity contribution in [2.75, 3.05) is 12.0 Å². The molecule has 0 radical (unpaired) electrons. The Morgan fingerprint density at radius 2 is 1.88 bits per heavy atom. The summed E-state index contributed by atoms with van der Waals surface area (Å²) in [5.74, 6) is 0.724. The summed E-state index contributed by atoms with van der Waals surface area (Å²) in [5.41, 5.74) is 3.20. The minimum absolute atomic E-state index is 0.0664. The lowest BCUT2D eigenvalue weighted by Crippen LogP contribution is -2.30. The van der Waals surface area contributed by atoms with E-state index in [4.69, 9.17) is 4.74 Å². The van der Waals surface area contributed by atoms with Crippen LogP contribution in [0.2, 0.25) is 0 Å². The highest BCUT2D eigenvalue weighted by Gasteiger charge is 2.21. The second-order valence-corrected chi connectivity index (χ2v) is 5.89. The van der Waals surface area contributed by atoms with E-state index >= 15 is 0 Å². The quantitative estimate of drug-likeness (QED) is 0.711. The van der Waals surface area contributed by atoms with Crippen molar-refractivity contribution in [1.29, 1.82) is 0 Å². The van der Waals surface area contributed by atoms with Crippen LogP contribution in [-0.4, -0.2) is 22.4 Å². The minimum atomic E-state index is -0.0664. The van der Waals surface area contributed by atoms with Crippen LogP contribution in [0.1, 0.15) is 21.6 Å². The molecule has 1 aromatic carbocycles. The van der Waals surface area contributed by atoms with Crippen LogP contribution >= 0.6 is 11.5 Å².